The number of ether oxygens (including phenoxy) is 2. The summed E-state index contributed by atoms with van der Waals surface area (Å²) >= 11 is 0. The van der Waals surface area contributed by atoms with Gasteiger partial charge in [0, 0.05) is 17.5 Å². The maximum absolute atomic E-state index is 10.9. The van der Waals surface area contributed by atoms with Gasteiger partial charge in [0.2, 0.25) is 0 Å². The fourth-order valence-electron chi connectivity index (χ4n) is 3.73. The standard InChI is InChI=1S/C13H23NO3/c1-12(8-17-9-12)7-13(15)3-10-5-16-6-11(4-13)14(10)2/h10-11,15H,3-9H2,1-2H3. The largest absolute Gasteiger partial charge is 0.390 e. The van der Waals surface area contributed by atoms with Gasteiger partial charge in [0.25, 0.3) is 0 Å². The van der Waals surface area contributed by atoms with E-state index < -0.39 is 5.60 Å². The molecule has 4 heteroatoms. The van der Waals surface area contributed by atoms with Crippen molar-refractivity contribution in [2.24, 2.45) is 5.41 Å². The highest BCUT2D eigenvalue weighted by atomic mass is 16.5. The number of hydrogen-bond acceptors (Lipinski definition) is 4. The number of rotatable bonds is 2. The summed E-state index contributed by atoms with van der Waals surface area (Å²) in [6, 6.07) is 0.772. The monoisotopic (exact) mass is 241 g/mol. The molecule has 0 aliphatic carbocycles. The first kappa shape index (κ1) is 11.9. The molecule has 0 radical (unpaired) electrons. The van der Waals surface area contributed by atoms with Crippen molar-refractivity contribution >= 4 is 0 Å². The number of piperidine rings is 1. The molecule has 3 aliphatic rings. The Kier molecular flexibility index (Phi) is 2.74. The average molecular weight is 241 g/mol. The Bertz CT molecular complexity index is 289. The highest BCUT2D eigenvalue weighted by molar-refractivity contribution is 5.01. The molecule has 0 amide bonds. The Balaban J connectivity index is 1.71. The predicted molar refractivity (Wildman–Crippen MR) is 63.9 cm³/mol. The van der Waals surface area contributed by atoms with Crippen LogP contribution in [0.1, 0.15) is 26.2 Å². The van der Waals surface area contributed by atoms with Gasteiger partial charge in [-0.05, 0) is 26.3 Å². The Labute approximate surface area is 103 Å². The normalized spacial score (nSPS) is 45.4. The second-order valence-corrected chi connectivity index (χ2v) is 6.62. The van der Waals surface area contributed by atoms with Crippen molar-refractivity contribution in [1.82, 2.24) is 4.90 Å². The fourth-order valence-corrected chi connectivity index (χ4v) is 3.73. The Morgan fingerprint density at radius 1 is 1.18 bits per heavy atom. The van der Waals surface area contributed by atoms with E-state index in [2.05, 4.69) is 18.9 Å². The number of nitrogens with zero attached hydrogens (tertiary/aromatic N) is 1. The third-order valence-corrected chi connectivity index (χ3v) is 4.66. The van der Waals surface area contributed by atoms with E-state index in [1.165, 1.54) is 0 Å². The lowest BCUT2D eigenvalue weighted by molar-refractivity contribution is -0.181. The molecule has 2 bridgehead atoms. The number of aliphatic hydroxyl groups is 1. The van der Waals surface area contributed by atoms with Crippen LogP contribution in [0.3, 0.4) is 0 Å². The second-order valence-electron chi connectivity index (χ2n) is 6.62. The number of fused-ring (bicyclic) bond motifs is 2. The van der Waals surface area contributed by atoms with E-state index >= 15 is 0 Å². The summed E-state index contributed by atoms with van der Waals surface area (Å²) in [4.78, 5) is 2.39. The van der Waals surface area contributed by atoms with E-state index in [-0.39, 0.29) is 5.41 Å². The maximum Gasteiger partial charge on any atom is 0.0686 e. The maximum atomic E-state index is 10.9. The number of hydrogen-bond donors (Lipinski definition) is 1. The van der Waals surface area contributed by atoms with E-state index in [1.54, 1.807) is 0 Å². The van der Waals surface area contributed by atoms with E-state index in [0.29, 0.717) is 12.1 Å². The zero-order valence-corrected chi connectivity index (χ0v) is 10.8. The Hall–Kier alpha value is -0.160. The first-order chi connectivity index (χ1) is 8.00. The summed E-state index contributed by atoms with van der Waals surface area (Å²) in [5, 5.41) is 10.9. The summed E-state index contributed by atoms with van der Waals surface area (Å²) in [5.41, 5.74) is -0.316. The summed E-state index contributed by atoms with van der Waals surface area (Å²) in [6.45, 7) is 5.36. The Morgan fingerprint density at radius 2 is 1.76 bits per heavy atom. The average Bonchev–Trinajstić information content (AvgIpc) is 2.18. The van der Waals surface area contributed by atoms with Crippen molar-refractivity contribution in [3.8, 4) is 0 Å². The first-order valence-corrected chi connectivity index (χ1v) is 6.60. The lowest BCUT2D eigenvalue weighted by Gasteiger charge is -2.53. The smallest absolute Gasteiger partial charge is 0.0686 e. The molecular formula is C13H23NO3. The van der Waals surface area contributed by atoms with Gasteiger partial charge in [-0.2, -0.15) is 0 Å². The van der Waals surface area contributed by atoms with Crippen LogP contribution in [0, 0.1) is 5.41 Å². The van der Waals surface area contributed by atoms with Crippen molar-refractivity contribution in [3.05, 3.63) is 0 Å². The molecule has 4 nitrogen and oxygen atoms in total. The molecule has 0 aromatic heterocycles. The van der Waals surface area contributed by atoms with Crippen molar-refractivity contribution in [1.29, 1.82) is 0 Å². The van der Waals surface area contributed by atoms with Gasteiger partial charge in [0.1, 0.15) is 0 Å². The third kappa shape index (κ3) is 2.12. The molecule has 3 saturated heterocycles. The van der Waals surface area contributed by atoms with Crippen LogP contribution in [0.5, 0.6) is 0 Å². The molecule has 2 unspecified atom stereocenters. The van der Waals surface area contributed by atoms with Crippen LogP contribution in [0.2, 0.25) is 0 Å². The fraction of sp³-hybridized carbons (Fsp3) is 1.00. The zero-order chi connectivity index (χ0) is 12.1. The van der Waals surface area contributed by atoms with Crippen LogP contribution in [-0.4, -0.2) is 61.2 Å². The second kappa shape index (κ2) is 3.92. The van der Waals surface area contributed by atoms with Crippen molar-refractivity contribution < 1.29 is 14.6 Å². The van der Waals surface area contributed by atoms with Crippen LogP contribution >= 0.6 is 0 Å². The van der Waals surface area contributed by atoms with Crippen LogP contribution in [0.4, 0.5) is 0 Å². The number of likely N-dealkylation sites (N-methyl/N-ethyl adjacent to an activating group) is 1. The van der Waals surface area contributed by atoms with Gasteiger partial charge in [-0.1, -0.05) is 6.92 Å². The van der Waals surface area contributed by atoms with Crippen LogP contribution in [0.15, 0.2) is 0 Å². The van der Waals surface area contributed by atoms with E-state index in [1.807, 2.05) is 0 Å². The van der Waals surface area contributed by atoms with E-state index in [9.17, 15) is 5.11 Å². The summed E-state index contributed by atoms with van der Waals surface area (Å²) < 4.78 is 10.9. The molecular weight excluding hydrogens is 218 g/mol. The van der Waals surface area contributed by atoms with Crippen molar-refractivity contribution in [2.45, 2.75) is 43.9 Å². The highest BCUT2D eigenvalue weighted by Gasteiger charge is 2.49. The predicted octanol–water partition coefficient (Wildman–Crippen LogP) is 0.637. The lowest BCUT2D eigenvalue weighted by Crippen LogP contribution is -2.62. The lowest BCUT2D eigenvalue weighted by atomic mass is 9.70. The van der Waals surface area contributed by atoms with Crippen LogP contribution < -0.4 is 0 Å². The molecule has 3 aliphatic heterocycles. The molecule has 1 N–H and O–H groups in total. The van der Waals surface area contributed by atoms with Gasteiger partial charge >= 0.3 is 0 Å². The molecule has 0 saturated carbocycles. The topological polar surface area (TPSA) is 41.9 Å². The molecule has 3 fully saturated rings. The van der Waals surface area contributed by atoms with E-state index in [0.717, 1.165) is 45.7 Å². The Morgan fingerprint density at radius 3 is 2.24 bits per heavy atom. The minimum absolute atomic E-state index is 0.194. The molecule has 2 atom stereocenters. The first-order valence-electron chi connectivity index (χ1n) is 6.60. The van der Waals surface area contributed by atoms with Crippen LogP contribution in [0.25, 0.3) is 0 Å². The summed E-state index contributed by atoms with van der Waals surface area (Å²) in [6.07, 6.45) is 2.56. The molecule has 0 spiro atoms. The van der Waals surface area contributed by atoms with Crippen LogP contribution in [-0.2, 0) is 9.47 Å². The van der Waals surface area contributed by atoms with Gasteiger partial charge in [-0.3, -0.25) is 4.90 Å². The molecule has 3 rings (SSSR count). The van der Waals surface area contributed by atoms with Gasteiger partial charge in [-0.15, -0.1) is 0 Å². The van der Waals surface area contributed by atoms with Gasteiger partial charge in [-0.25, -0.2) is 0 Å². The van der Waals surface area contributed by atoms with E-state index in [4.69, 9.17) is 9.47 Å². The molecule has 98 valence electrons. The van der Waals surface area contributed by atoms with Gasteiger partial charge < -0.3 is 14.6 Å². The molecule has 17 heavy (non-hydrogen) atoms. The molecule has 0 aromatic carbocycles. The minimum Gasteiger partial charge on any atom is -0.390 e. The molecule has 3 heterocycles. The summed E-state index contributed by atoms with van der Waals surface area (Å²) in [5.74, 6) is 0. The third-order valence-electron chi connectivity index (χ3n) is 4.66. The van der Waals surface area contributed by atoms with Crippen molar-refractivity contribution in [3.63, 3.8) is 0 Å². The number of morpholine rings is 1. The van der Waals surface area contributed by atoms with Gasteiger partial charge in [0.15, 0.2) is 0 Å². The van der Waals surface area contributed by atoms with Gasteiger partial charge in [0.05, 0.1) is 32.0 Å². The highest BCUT2D eigenvalue weighted by Crippen LogP contribution is 2.43. The molecule has 0 aromatic rings. The minimum atomic E-state index is -0.510. The quantitative estimate of drug-likeness (QED) is 0.770. The summed E-state index contributed by atoms with van der Waals surface area (Å²) in [7, 11) is 2.16. The SMILES string of the molecule is CN1C2COCC1CC(O)(CC1(C)COC1)C2. The zero-order valence-electron chi connectivity index (χ0n) is 10.8. The van der Waals surface area contributed by atoms with Crippen molar-refractivity contribution in [2.75, 3.05) is 33.5 Å².